The number of benzene rings is 2. The summed E-state index contributed by atoms with van der Waals surface area (Å²) in [5.41, 5.74) is 1.81. The molecule has 0 bridgehead atoms. The number of anilines is 1. The van der Waals surface area contributed by atoms with Crippen LogP contribution in [0, 0.1) is 0 Å². The molecule has 2 N–H and O–H groups in total. The number of carbonyl (C=O) groups is 3. The van der Waals surface area contributed by atoms with E-state index in [0.717, 1.165) is 19.3 Å². The van der Waals surface area contributed by atoms with E-state index in [1.165, 1.54) is 5.56 Å². The summed E-state index contributed by atoms with van der Waals surface area (Å²) in [7, 11) is 0. The zero-order valence-corrected chi connectivity index (χ0v) is 19.6. The topological polar surface area (TPSA) is 97.0 Å². The van der Waals surface area contributed by atoms with Crippen molar-refractivity contribution in [2.24, 2.45) is 0 Å². The molecule has 2 aromatic rings. The van der Waals surface area contributed by atoms with Gasteiger partial charge in [0.25, 0.3) is 0 Å². The number of unbranched alkanes of at least 4 members (excludes halogenated alkanes) is 1. The van der Waals surface area contributed by atoms with Crippen LogP contribution in [0.4, 0.5) is 5.69 Å². The van der Waals surface area contributed by atoms with Crippen LogP contribution in [-0.4, -0.2) is 61.6 Å². The Kier molecular flexibility index (Phi) is 9.91. The molecule has 2 amide bonds. The monoisotopic (exact) mass is 467 g/mol. The molecule has 8 heteroatoms. The van der Waals surface area contributed by atoms with E-state index in [4.69, 9.17) is 9.47 Å². The van der Waals surface area contributed by atoms with Gasteiger partial charge in [0.2, 0.25) is 11.8 Å². The highest BCUT2D eigenvalue weighted by Gasteiger charge is 2.33. The summed E-state index contributed by atoms with van der Waals surface area (Å²) < 4.78 is 11.0. The van der Waals surface area contributed by atoms with Crippen molar-refractivity contribution >= 4 is 23.5 Å². The first-order valence-electron chi connectivity index (χ1n) is 11.8. The molecule has 1 fully saturated rings. The van der Waals surface area contributed by atoms with E-state index in [-0.39, 0.29) is 24.8 Å². The lowest BCUT2D eigenvalue weighted by molar-refractivity contribution is -0.149. The van der Waals surface area contributed by atoms with Gasteiger partial charge in [0.15, 0.2) is 0 Å². The Hall–Kier alpha value is -3.39. The lowest BCUT2D eigenvalue weighted by atomic mass is 10.1. The third-order valence-corrected chi connectivity index (χ3v) is 5.53. The van der Waals surface area contributed by atoms with Crippen LogP contribution < -0.4 is 15.4 Å². The number of hydrogen-bond acceptors (Lipinski definition) is 6. The van der Waals surface area contributed by atoms with E-state index in [9.17, 15) is 14.4 Å². The van der Waals surface area contributed by atoms with Crippen molar-refractivity contribution in [1.82, 2.24) is 10.2 Å². The Morgan fingerprint density at radius 3 is 2.74 bits per heavy atom. The Balaban J connectivity index is 1.50. The summed E-state index contributed by atoms with van der Waals surface area (Å²) in [5, 5.41) is 5.62. The summed E-state index contributed by atoms with van der Waals surface area (Å²) >= 11 is 0. The molecule has 1 aliphatic heterocycles. The molecule has 0 aliphatic carbocycles. The van der Waals surface area contributed by atoms with Crippen LogP contribution >= 0.6 is 0 Å². The summed E-state index contributed by atoms with van der Waals surface area (Å²) in [6.07, 6.45) is 2.41. The number of amides is 2. The van der Waals surface area contributed by atoms with Gasteiger partial charge >= 0.3 is 5.97 Å². The zero-order valence-electron chi connectivity index (χ0n) is 19.6. The van der Waals surface area contributed by atoms with Gasteiger partial charge < -0.3 is 20.1 Å². The Labute approximate surface area is 200 Å². The molecule has 0 saturated carbocycles. The van der Waals surface area contributed by atoms with E-state index in [2.05, 4.69) is 22.8 Å². The van der Waals surface area contributed by atoms with Crippen LogP contribution in [0.5, 0.6) is 5.75 Å². The minimum atomic E-state index is -0.721. The maximum absolute atomic E-state index is 12.7. The number of nitrogens with one attached hydrogen (secondary N) is 2. The third-order valence-electron chi connectivity index (χ3n) is 5.53. The number of esters is 1. The second-order valence-electron chi connectivity index (χ2n) is 8.22. The fourth-order valence-electron chi connectivity index (χ4n) is 3.70. The molecule has 3 rings (SSSR count). The van der Waals surface area contributed by atoms with E-state index in [1.807, 2.05) is 37.3 Å². The highest BCUT2D eigenvalue weighted by molar-refractivity contribution is 5.93. The van der Waals surface area contributed by atoms with Crippen molar-refractivity contribution in [3.05, 3.63) is 60.2 Å². The normalized spacial score (nSPS) is 15.9. The first kappa shape index (κ1) is 25.2. The summed E-state index contributed by atoms with van der Waals surface area (Å²) in [6, 6.07) is 16.6. The first-order chi connectivity index (χ1) is 16.5. The number of nitrogens with zero attached hydrogens (tertiary/aromatic N) is 1. The summed E-state index contributed by atoms with van der Waals surface area (Å²) in [5.74, 6) is -0.291. The largest absolute Gasteiger partial charge is 0.493 e. The van der Waals surface area contributed by atoms with Gasteiger partial charge in [0, 0.05) is 31.3 Å². The van der Waals surface area contributed by atoms with E-state index >= 15 is 0 Å². The van der Waals surface area contributed by atoms with Gasteiger partial charge in [-0.15, -0.1) is 0 Å². The smallest absolute Gasteiger partial charge is 0.307 e. The van der Waals surface area contributed by atoms with Gasteiger partial charge in [0.05, 0.1) is 26.2 Å². The predicted molar refractivity (Wildman–Crippen MR) is 130 cm³/mol. The molecule has 2 aromatic carbocycles. The minimum absolute atomic E-state index is 0.000577. The molecule has 1 aliphatic rings. The number of ether oxygens (including phenoxy) is 2. The van der Waals surface area contributed by atoms with Gasteiger partial charge in [0.1, 0.15) is 11.8 Å². The van der Waals surface area contributed by atoms with Crippen LogP contribution in [0.15, 0.2) is 54.6 Å². The van der Waals surface area contributed by atoms with E-state index in [0.29, 0.717) is 37.7 Å². The first-order valence-corrected chi connectivity index (χ1v) is 11.8. The Morgan fingerprint density at radius 1 is 1.12 bits per heavy atom. The van der Waals surface area contributed by atoms with Gasteiger partial charge in [-0.3, -0.25) is 19.3 Å². The van der Waals surface area contributed by atoms with Crippen LogP contribution in [-0.2, 0) is 25.5 Å². The molecule has 34 heavy (non-hydrogen) atoms. The molecule has 0 radical (unpaired) electrons. The van der Waals surface area contributed by atoms with Crippen molar-refractivity contribution in [3.63, 3.8) is 0 Å². The average molecular weight is 468 g/mol. The number of rotatable bonds is 12. The van der Waals surface area contributed by atoms with Crippen LogP contribution in [0.2, 0.25) is 0 Å². The van der Waals surface area contributed by atoms with Gasteiger partial charge in [-0.25, -0.2) is 0 Å². The molecular weight excluding hydrogens is 434 g/mol. The molecule has 0 spiro atoms. The van der Waals surface area contributed by atoms with Crippen molar-refractivity contribution < 1.29 is 23.9 Å². The van der Waals surface area contributed by atoms with Crippen molar-refractivity contribution in [2.45, 2.75) is 38.6 Å². The van der Waals surface area contributed by atoms with Crippen LogP contribution in [0.1, 0.15) is 31.7 Å². The van der Waals surface area contributed by atoms with Gasteiger partial charge in [-0.05, 0) is 24.1 Å². The van der Waals surface area contributed by atoms with E-state index < -0.39 is 12.0 Å². The van der Waals surface area contributed by atoms with Crippen LogP contribution in [0.3, 0.4) is 0 Å². The average Bonchev–Trinajstić information content (AvgIpc) is 2.82. The Bertz CT molecular complexity index is 950. The van der Waals surface area contributed by atoms with Crippen molar-refractivity contribution in [3.8, 4) is 5.75 Å². The molecular formula is C26H33N3O5. The van der Waals surface area contributed by atoms with E-state index in [1.54, 1.807) is 17.0 Å². The third kappa shape index (κ3) is 8.19. The maximum atomic E-state index is 12.7. The molecule has 0 aromatic heterocycles. The van der Waals surface area contributed by atoms with Gasteiger partial charge in [-0.2, -0.15) is 0 Å². The second-order valence-corrected chi connectivity index (χ2v) is 8.22. The molecule has 8 nitrogen and oxygen atoms in total. The Morgan fingerprint density at radius 2 is 1.94 bits per heavy atom. The molecule has 1 heterocycles. The highest BCUT2D eigenvalue weighted by atomic mass is 16.5. The predicted octanol–water partition coefficient (Wildman–Crippen LogP) is 2.78. The lowest BCUT2D eigenvalue weighted by Gasteiger charge is -2.33. The fraction of sp³-hybridized carbons (Fsp3) is 0.423. The molecule has 1 saturated heterocycles. The minimum Gasteiger partial charge on any atom is -0.493 e. The number of piperazine rings is 1. The molecule has 1 atom stereocenters. The fourth-order valence-corrected chi connectivity index (χ4v) is 3.70. The SMILES string of the molecule is CCCCOC(=O)CC1C(=O)NCCN1CC(=O)Nc1cccc(OCCc2ccccc2)c1. The highest BCUT2D eigenvalue weighted by Crippen LogP contribution is 2.18. The molecule has 1 unspecified atom stereocenters. The molecule has 182 valence electrons. The van der Waals surface area contributed by atoms with Crippen molar-refractivity contribution in [2.75, 3.05) is 38.2 Å². The van der Waals surface area contributed by atoms with Crippen molar-refractivity contribution in [1.29, 1.82) is 0 Å². The number of carbonyl (C=O) groups excluding carboxylic acids is 3. The van der Waals surface area contributed by atoms with Gasteiger partial charge in [-0.1, -0.05) is 49.7 Å². The quantitative estimate of drug-likeness (QED) is 0.368. The standard InChI is InChI=1S/C26H33N3O5/c1-2-3-15-34-25(31)18-23-26(32)27-13-14-29(23)19-24(30)28-21-10-7-11-22(17-21)33-16-12-20-8-5-4-6-9-20/h4-11,17,23H,2-3,12-16,18-19H2,1H3,(H,27,32)(H,28,30). The maximum Gasteiger partial charge on any atom is 0.307 e. The summed E-state index contributed by atoms with van der Waals surface area (Å²) in [4.78, 5) is 38.9. The second kappa shape index (κ2) is 13.3. The lowest BCUT2D eigenvalue weighted by Crippen LogP contribution is -2.57. The van der Waals surface area contributed by atoms with Crippen LogP contribution in [0.25, 0.3) is 0 Å². The number of hydrogen-bond donors (Lipinski definition) is 2. The summed E-state index contributed by atoms with van der Waals surface area (Å²) in [6.45, 7) is 3.79. The zero-order chi connectivity index (χ0) is 24.2.